The Balaban J connectivity index is 1.53. The second-order valence-electron chi connectivity index (χ2n) is 5.01. The molecule has 0 bridgehead atoms. The smallest absolute Gasteiger partial charge is 0.225 e. The molecule has 5 heteroatoms. The summed E-state index contributed by atoms with van der Waals surface area (Å²) in [7, 11) is 0. The van der Waals surface area contributed by atoms with Crippen molar-refractivity contribution in [2.24, 2.45) is 5.73 Å². The van der Waals surface area contributed by atoms with Gasteiger partial charge in [0.2, 0.25) is 5.91 Å². The minimum atomic E-state index is 0.0664. The predicted octanol–water partition coefficient (Wildman–Crippen LogP) is 1.69. The van der Waals surface area contributed by atoms with Crippen LogP contribution in [0.5, 0.6) is 0 Å². The molecule has 0 aromatic carbocycles. The molecule has 4 nitrogen and oxygen atoms in total. The number of rotatable bonds is 6. The van der Waals surface area contributed by atoms with Crippen molar-refractivity contribution in [2.45, 2.75) is 44.2 Å². The SMILES string of the molecule is NC1CCC(OCCNC(=O)Cc2cccs2)CC1. The largest absolute Gasteiger partial charge is 0.376 e. The highest BCUT2D eigenvalue weighted by Crippen LogP contribution is 2.19. The zero-order valence-corrected chi connectivity index (χ0v) is 12.0. The number of nitrogens with one attached hydrogen (secondary N) is 1. The molecule has 3 N–H and O–H groups in total. The Morgan fingerprint density at radius 1 is 1.42 bits per heavy atom. The zero-order chi connectivity index (χ0) is 13.5. The summed E-state index contributed by atoms with van der Waals surface area (Å²) in [5.74, 6) is 0.0664. The molecule has 1 saturated carbocycles. The van der Waals surface area contributed by atoms with E-state index in [2.05, 4.69) is 5.32 Å². The summed E-state index contributed by atoms with van der Waals surface area (Å²) in [5, 5.41) is 4.87. The molecule has 0 radical (unpaired) electrons. The highest BCUT2D eigenvalue weighted by molar-refractivity contribution is 7.10. The van der Waals surface area contributed by atoms with Crippen molar-refractivity contribution in [1.82, 2.24) is 5.32 Å². The van der Waals surface area contributed by atoms with Crippen LogP contribution in [0, 0.1) is 0 Å². The lowest BCUT2D eigenvalue weighted by atomic mass is 9.94. The Labute approximate surface area is 118 Å². The van der Waals surface area contributed by atoms with E-state index < -0.39 is 0 Å². The molecule has 2 rings (SSSR count). The molecule has 1 fully saturated rings. The Hall–Kier alpha value is -0.910. The number of carbonyl (C=O) groups is 1. The number of carbonyl (C=O) groups excluding carboxylic acids is 1. The zero-order valence-electron chi connectivity index (χ0n) is 11.1. The number of thiophene rings is 1. The van der Waals surface area contributed by atoms with Crippen LogP contribution in [0.15, 0.2) is 17.5 Å². The molecule has 0 atom stereocenters. The topological polar surface area (TPSA) is 64.3 Å². The average molecular weight is 282 g/mol. The van der Waals surface area contributed by atoms with Gasteiger partial charge in [0, 0.05) is 17.5 Å². The van der Waals surface area contributed by atoms with Gasteiger partial charge in [0.05, 0.1) is 19.1 Å². The van der Waals surface area contributed by atoms with Crippen molar-refractivity contribution in [2.75, 3.05) is 13.2 Å². The molecule has 1 aliphatic carbocycles. The van der Waals surface area contributed by atoms with Crippen LogP contribution in [0.25, 0.3) is 0 Å². The molecule has 106 valence electrons. The molecular weight excluding hydrogens is 260 g/mol. The molecule has 0 saturated heterocycles. The highest BCUT2D eigenvalue weighted by atomic mass is 32.1. The van der Waals surface area contributed by atoms with Crippen molar-refractivity contribution in [3.05, 3.63) is 22.4 Å². The van der Waals surface area contributed by atoms with Crippen LogP contribution in [0.4, 0.5) is 0 Å². The van der Waals surface area contributed by atoms with Crippen LogP contribution in [0.3, 0.4) is 0 Å². The normalized spacial score (nSPS) is 23.2. The van der Waals surface area contributed by atoms with Crippen LogP contribution in [-0.2, 0) is 16.0 Å². The number of nitrogens with two attached hydrogens (primary N) is 1. The molecule has 1 aliphatic rings. The summed E-state index contributed by atoms with van der Waals surface area (Å²) in [4.78, 5) is 12.7. The standard InChI is InChI=1S/C14H22N2O2S/c15-11-3-5-12(6-4-11)18-8-7-16-14(17)10-13-2-1-9-19-13/h1-2,9,11-12H,3-8,10,15H2,(H,16,17). The summed E-state index contributed by atoms with van der Waals surface area (Å²) in [6.07, 6.45) is 4.99. The fourth-order valence-electron chi connectivity index (χ4n) is 2.31. The summed E-state index contributed by atoms with van der Waals surface area (Å²) in [5.41, 5.74) is 5.84. The molecule has 1 heterocycles. The fourth-order valence-corrected chi connectivity index (χ4v) is 3.01. The van der Waals surface area contributed by atoms with Gasteiger partial charge >= 0.3 is 0 Å². The summed E-state index contributed by atoms with van der Waals surface area (Å²) in [6, 6.07) is 4.29. The van der Waals surface area contributed by atoms with Gasteiger partial charge in [0.1, 0.15) is 0 Å². The second kappa shape index (κ2) is 7.62. The van der Waals surface area contributed by atoms with E-state index in [0.29, 0.717) is 31.7 Å². The first-order chi connectivity index (χ1) is 9.24. The number of ether oxygens (including phenoxy) is 1. The van der Waals surface area contributed by atoms with Gasteiger partial charge in [-0.2, -0.15) is 0 Å². The van der Waals surface area contributed by atoms with E-state index in [4.69, 9.17) is 10.5 Å². The van der Waals surface area contributed by atoms with Crippen molar-refractivity contribution in [1.29, 1.82) is 0 Å². The molecule has 0 spiro atoms. The van der Waals surface area contributed by atoms with E-state index in [1.54, 1.807) is 11.3 Å². The monoisotopic (exact) mass is 282 g/mol. The predicted molar refractivity (Wildman–Crippen MR) is 77.2 cm³/mol. The maximum atomic E-state index is 11.6. The van der Waals surface area contributed by atoms with E-state index in [0.717, 1.165) is 30.6 Å². The Bertz CT molecular complexity index is 373. The third-order valence-corrected chi connectivity index (χ3v) is 4.29. The quantitative estimate of drug-likeness (QED) is 0.780. The average Bonchev–Trinajstić information content (AvgIpc) is 2.89. The van der Waals surface area contributed by atoms with Gasteiger partial charge in [-0.15, -0.1) is 11.3 Å². The summed E-state index contributed by atoms with van der Waals surface area (Å²) < 4.78 is 5.75. The van der Waals surface area contributed by atoms with E-state index in [1.807, 2.05) is 17.5 Å². The minimum absolute atomic E-state index is 0.0664. The lowest BCUT2D eigenvalue weighted by Crippen LogP contribution is -2.33. The molecule has 1 aromatic rings. The fraction of sp³-hybridized carbons (Fsp3) is 0.643. The summed E-state index contributed by atoms with van der Waals surface area (Å²) in [6.45, 7) is 1.18. The van der Waals surface area contributed by atoms with Crippen molar-refractivity contribution in [3.8, 4) is 0 Å². The number of amides is 1. The van der Waals surface area contributed by atoms with Crippen LogP contribution >= 0.6 is 11.3 Å². The van der Waals surface area contributed by atoms with E-state index in [-0.39, 0.29) is 5.91 Å². The lowest BCUT2D eigenvalue weighted by molar-refractivity contribution is -0.120. The van der Waals surface area contributed by atoms with Crippen LogP contribution in [0.1, 0.15) is 30.6 Å². The molecule has 0 aliphatic heterocycles. The first kappa shape index (κ1) is 14.5. The first-order valence-electron chi connectivity index (χ1n) is 6.90. The van der Waals surface area contributed by atoms with Crippen LogP contribution in [0.2, 0.25) is 0 Å². The number of hydrogen-bond donors (Lipinski definition) is 2. The maximum Gasteiger partial charge on any atom is 0.225 e. The summed E-state index contributed by atoms with van der Waals surface area (Å²) >= 11 is 1.61. The lowest BCUT2D eigenvalue weighted by Gasteiger charge is -2.26. The molecule has 19 heavy (non-hydrogen) atoms. The van der Waals surface area contributed by atoms with Crippen molar-refractivity contribution >= 4 is 17.2 Å². The Morgan fingerprint density at radius 2 is 2.21 bits per heavy atom. The van der Waals surface area contributed by atoms with Gasteiger partial charge in [0.15, 0.2) is 0 Å². The minimum Gasteiger partial charge on any atom is -0.376 e. The van der Waals surface area contributed by atoms with Gasteiger partial charge < -0.3 is 15.8 Å². The first-order valence-corrected chi connectivity index (χ1v) is 7.78. The van der Waals surface area contributed by atoms with E-state index >= 15 is 0 Å². The van der Waals surface area contributed by atoms with Gasteiger partial charge in [-0.05, 0) is 37.1 Å². The molecule has 1 amide bonds. The van der Waals surface area contributed by atoms with E-state index in [9.17, 15) is 4.79 Å². The van der Waals surface area contributed by atoms with Crippen molar-refractivity contribution in [3.63, 3.8) is 0 Å². The van der Waals surface area contributed by atoms with Gasteiger partial charge in [0.25, 0.3) is 0 Å². The van der Waals surface area contributed by atoms with Gasteiger partial charge in [-0.25, -0.2) is 0 Å². The highest BCUT2D eigenvalue weighted by Gasteiger charge is 2.18. The van der Waals surface area contributed by atoms with Crippen molar-refractivity contribution < 1.29 is 9.53 Å². The van der Waals surface area contributed by atoms with Gasteiger partial charge in [-0.3, -0.25) is 4.79 Å². The number of hydrogen-bond acceptors (Lipinski definition) is 4. The maximum absolute atomic E-state index is 11.6. The van der Waals surface area contributed by atoms with E-state index in [1.165, 1.54) is 0 Å². The van der Waals surface area contributed by atoms with Crippen LogP contribution < -0.4 is 11.1 Å². The molecule has 0 unspecified atom stereocenters. The van der Waals surface area contributed by atoms with Gasteiger partial charge in [-0.1, -0.05) is 6.07 Å². The Morgan fingerprint density at radius 3 is 2.89 bits per heavy atom. The second-order valence-corrected chi connectivity index (χ2v) is 6.05. The third kappa shape index (κ3) is 5.30. The molecule has 1 aromatic heterocycles. The van der Waals surface area contributed by atoms with Crippen LogP contribution in [-0.4, -0.2) is 31.2 Å². The Kier molecular flexibility index (Phi) is 5.82. The molecular formula is C14H22N2O2S. The third-order valence-electron chi connectivity index (χ3n) is 3.41.